The van der Waals surface area contributed by atoms with E-state index in [1.807, 2.05) is 37.8 Å². The van der Waals surface area contributed by atoms with Crippen molar-refractivity contribution in [2.45, 2.75) is 26.3 Å². The van der Waals surface area contributed by atoms with Gasteiger partial charge in [-0.1, -0.05) is 12.1 Å². The molecular formula is C20H25FN4O. The summed E-state index contributed by atoms with van der Waals surface area (Å²) in [7, 11) is 0. The third-order valence-corrected chi connectivity index (χ3v) is 4.29. The summed E-state index contributed by atoms with van der Waals surface area (Å²) < 4.78 is 14.0. The maximum absolute atomic E-state index is 14.0. The standard InChI is InChI=1S/C20H25FN4O/c1-20(2,3)23-19(26)15-8-9-22-18(14-15)25-12-10-24(11-13-25)17-7-5-4-6-16(17)21/h4-9,14H,10-13H2,1-3H3,(H,23,26). The van der Waals surface area contributed by atoms with Gasteiger partial charge in [0, 0.05) is 43.5 Å². The molecule has 0 aliphatic carbocycles. The number of pyridine rings is 1. The van der Waals surface area contributed by atoms with Crippen LogP contribution < -0.4 is 15.1 Å². The maximum Gasteiger partial charge on any atom is 0.251 e. The first-order valence-corrected chi connectivity index (χ1v) is 8.86. The molecule has 0 bridgehead atoms. The average molecular weight is 356 g/mol. The molecule has 1 aromatic heterocycles. The largest absolute Gasteiger partial charge is 0.366 e. The molecule has 0 saturated carbocycles. The fourth-order valence-corrected chi connectivity index (χ4v) is 3.03. The summed E-state index contributed by atoms with van der Waals surface area (Å²) in [5.41, 5.74) is 0.950. The van der Waals surface area contributed by atoms with Gasteiger partial charge in [-0.25, -0.2) is 9.37 Å². The number of para-hydroxylation sites is 1. The van der Waals surface area contributed by atoms with Gasteiger partial charge in [0.05, 0.1) is 5.69 Å². The van der Waals surface area contributed by atoms with Crippen molar-refractivity contribution < 1.29 is 9.18 Å². The summed E-state index contributed by atoms with van der Waals surface area (Å²) in [6.45, 7) is 8.73. The zero-order valence-electron chi connectivity index (χ0n) is 15.5. The molecule has 2 aromatic rings. The molecule has 5 nitrogen and oxygen atoms in total. The highest BCUT2D eigenvalue weighted by molar-refractivity contribution is 5.95. The molecule has 0 radical (unpaired) electrons. The van der Waals surface area contributed by atoms with Crippen molar-refractivity contribution >= 4 is 17.4 Å². The van der Waals surface area contributed by atoms with Crippen LogP contribution in [-0.4, -0.2) is 42.6 Å². The monoisotopic (exact) mass is 356 g/mol. The van der Waals surface area contributed by atoms with E-state index in [0.29, 0.717) is 24.3 Å². The normalized spacial score (nSPS) is 15.1. The predicted molar refractivity (Wildman–Crippen MR) is 102 cm³/mol. The first-order chi connectivity index (χ1) is 12.3. The van der Waals surface area contributed by atoms with Crippen LogP contribution in [0.1, 0.15) is 31.1 Å². The second-order valence-corrected chi connectivity index (χ2v) is 7.53. The molecule has 0 unspecified atom stereocenters. The Hall–Kier alpha value is -2.63. The molecule has 3 rings (SSSR count). The number of hydrogen-bond acceptors (Lipinski definition) is 4. The Bertz CT molecular complexity index is 779. The smallest absolute Gasteiger partial charge is 0.251 e. The predicted octanol–water partition coefficient (Wildman–Crippen LogP) is 3.08. The number of nitrogens with zero attached hydrogens (tertiary/aromatic N) is 3. The second kappa shape index (κ2) is 7.32. The highest BCUT2D eigenvalue weighted by Gasteiger charge is 2.21. The first-order valence-electron chi connectivity index (χ1n) is 8.86. The third kappa shape index (κ3) is 4.31. The molecule has 2 heterocycles. The van der Waals surface area contributed by atoms with Crippen LogP contribution in [0.25, 0.3) is 0 Å². The summed E-state index contributed by atoms with van der Waals surface area (Å²) in [5.74, 6) is 0.478. The molecule has 138 valence electrons. The molecule has 26 heavy (non-hydrogen) atoms. The molecule has 6 heteroatoms. The summed E-state index contributed by atoms with van der Waals surface area (Å²) >= 11 is 0. The molecule has 1 aliphatic heterocycles. The maximum atomic E-state index is 14.0. The van der Waals surface area contributed by atoms with Crippen LogP contribution in [0.4, 0.5) is 15.9 Å². The molecule has 1 saturated heterocycles. The minimum atomic E-state index is -0.286. The Balaban J connectivity index is 1.67. The van der Waals surface area contributed by atoms with Crippen LogP contribution >= 0.6 is 0 Å². The van der Waals surface area contributed by atoms with Gasteiger partial charge in [0.1, 0.15) is 11.6 Å². The summed E-state index contributed by atoms with van der Waals surface area (Å²) in [5, 5.41) is 2.97. The van der Waals surface area contributed by atoms with Gasteiger partial charge < -0.3 is 15.1 Å². The fourth-order valence-electron chi connectivity index (χ4n) is 3.03. The fraction of sp³-hybridized carbons (Fsp3) is 0.400. The number of hydrogen-bond donors (Lipinski definition) is 1. The number of anilines is 2. The average Bonchev–Trinajstić information content (AvgIpc) is 2.61. The van der Waals surface area contributed by atoms with E-state index in [0.717, 1.165) is 18.9 Å². The number of nitrogens with one attached hydrogen (secondary N) is 1. The van der Waals surface area contributed by atoms with Gasteiger partial charge in [-0.3, -0.25) is 4.79 Å². The SMILES string of the molecule is CC(C)(C)NC(=O)c1ccnc(N2CCN(c3ccccc3F)CC2)c1. The second-order valence-electron chi connectivity index (χ2n) is 7.53. The third-order valence-electron chi connectivity index (χ3n) is 4.29. The van der Waals surface area contributed by atoms with Crippen molar-refractivity contribution in [3.05, 3.63) is 54.0 Å². The van der Waals surface area contributed by atoms with E-state index in [2.05, 4.69) is 15.2 Å². The molecule has 1 aliphatic rings. The molecule has 1 amide bonds. The molecule has 1 aromatic carbocycles. The lowest BCUT2D eigenvalue weighted by atomic mass is 10.1. The van der Waals surface area contributed by atoms with Crippen LogP contribution in [0.15, 0.2) is 42.6 Å². The van der Waals surface area contributed by atoms with E-state index < -0.39 is 0 Å². The van der Waals surface area contributed by atoms with Crippen molar-refractivity contribution in [3.63, 3.8) is 0 Å². The summed E-state index contributed by atoms with van der Waals surface area (Å²) in [6, 6.07) is 10.4. The van der Waals surface area contributed by atoms with E-state index >= 15 is 0 Å². The van der Waals surface area contributed by atoms with Crippen molar-refractivity contribution in [2.24, 2.45) is 0 Å². The molecule has 0 spiro atoms. The van der Waals surface area contributed by atoms with Crippen molar-refractivity contribution in [2.75, 3.05) is 36.0 Å². The Morgan fingerprint density at radius 1 is 1.08 bits per heavy atom. The van der Waals surface area contributed by atoms with E-state index in [1.54, 1.807) is 24.4 Å². The zero-order valence-corrected chi connectivity index (χ0v) is 15.5. The quantitative estimate of drug-likeness (QED) is 0.918. The van der Waals surface area contributed by atoms with Crippen molar-refractivity contribution in [1.82, 2.24) is 10.3 Å². The lowest BCUT2D eigenvalue weighted by Crippen LogP contribution is -2.47. The molecule has 1 N–H and O–H groups in total. The number of rotatable bonds is 3. The van der Waals surface area contributed by atoms with Crippen LogP contribution in [0.2, 0.25) is 0 Å². The van der Waals surface area contributed by atoms with Crippen LogP contribution in [0.5, 0.6) is 0 Å². The number of aromatic nitrogens is 1. The lowest BCUT2D eigenvalue weighted by molar-refractivity contribution is 0.0919. The van der Waals surface area contributed by atoms with Crippen LogP contribution in [-0.2, 0) is 0 Å². The molecule has 0 atom stereocenters. The number of benzene rings is 1. The number of piperazine rings is 1. The first kappa shape index (κ1) is 18.2. The van der Waals surface area contributed by atoms with Gasteiger partial charge in [0.2, 0.25) is 0 Å². The summed E-state index contributed by atoms with van der Waals surface area (Å²) in [6.07, 6.45) is 1.66. The Labute approximate surface area is 153 Å². The highest BCUT2D eigenvalue weighted by atomic mass is 19.1. The zero-order chi connectivity index (χ0) is 18.7. The topological polar surface area (TPSA) is 48.5 Å². The van der Waals surface area contributed by atoms with Gasteiger partial charge >= 0.3 is 0 Å². The van der Waals surface area contributed by atoms with E-state index in [-0.39, 0.29) is 17.3 Å². The summed E-state index contributed by atoms with van der Waals surface area (Å²) in [4.78, 5) is 20.9. The number of carbonyl (C=O) groups is 1. The van der Waals surface area contributed by atoms with Gasteiger partial charge in [-0.05, 0) is 45.0 Å². The van der Waals surface area contributed by atoms with E-state index in [9.17, 15) is 9.18 Å². The Morgan fingerprint density at radius 3 is 2.38 bits per heavy atom. The van der Waals surface area contributed by atoms with Crippen molar-refractivity contribution in [3.8, 4) is 0 Å². The Kier molecular flexibility index (Phi) is 5.11. The van der Waals surface area contributed by atoms with Gasteiger partial charge in [0.15, 0.2) is 0 Å². The molecular weight excluding hydrogens is 331 g/mol. The minimum Gasteiger partial charge on any atom is -0.366 e. The number of amides is 1. The Morgan fingerprint density at radius 2 is 1.73 bits per heavy atom. The van der Waals surface area contributed by atoms with Crippen LogP contribution in [0.3, 0.4) is 0 Å². The van der Waals surface area contributed by atoms with Gasteiger partial charge in [-0.2, -0.15) is 0 Å². The highest BCUT2D eigenvalue weighted by Crippen LogP contribution is 2.22. The van der Waals surface area contributed by atoms with E-state index in [1.165, 1.54) is 6.07 Å². The molecule has 1 fully saturated rings. The number of halogens is 1. The van der Waals surface area contributed by atoms with E-state index in [4.69, 9.17) is 0 Å². The van der Waals surface area contributed by atoms with Gasteiger partial charge in [0.25, 0.3) is 5.91 Å². The van der Waals surface area contributed by atoms with Gasteiger partial charge in [-0.15, -0.1) is 0 Å². The minimum absolute atomic E-state index is 0.105. The number of carbonyl (C=O) groups excluding carboxylic acids is 1. The lowest BCUT2D eigenvalue weighted by Gasteiger charge is -2.37. The van der Waals surface area contributed by atoms with Crippen molar-refractivity contribution in [1.29, 1.82) is 0 Å². The van der Waals surface area contributed by atoms with Crippen LogP contribution in [0, 0.1) is 5.82 Å².